The number of rotatable bonds is 8. The molecule has 2 N–H and O–H groups in total. The summed E-state index contributed by atoms with van der Waals surface area (Å²) < 4.78 is 11.7. The van der Waals surface area contributed by atoms with Crippen LogP contribution in [0.3, 0.4) is 0 Å². The van der Waals surface area contributed by atoms with Crippen LogP contribution in [0.25, 0.3) is 11.1 Å². The van der Waals surface area contributed by atoms with Gasteiger partial charge in [-0.25, -0.2) is 14.5 Å². The Morgan fingerprint density at radius 3 is 2.33 bits per heavy atom. The summed E-state index contributed by atoms with van der Waals surface area (Å²) in [4.78, 5) is 52.8. The van der Waals surface area contributed by atoms with E-state index in [1.54, 1.807) is 12.1 Å². The molecule has 0 spiro atoms. The number of halogens is 1. The van der Waals surface area contributed by atoms with Gasteiger partial charge < -0.3 is 20.1 Å². The minimum absolute atomic E-state index is 0.0915. The number of ether oxygens (including phenoxy) is 2. The predicted molar refractivity (Wildman–Crippen MR) is 156 cm³/mol. The van der Waals surface area contributed by atoms with Crippen molar-refractivity contribution in [2.75, 3.05) is 38.4 Å². The molecule has 5 rings (SSSR count). The third-order valence-corrected chi connectivity index (χ3v) is 7.59. The first-order valence-electron chi connectivity index (χ1n) is 12.7. The number of imide groups is 1. The molecule has 0 saturated carbocycles. The smallest absolute Gasteiger partial charge is 0.407 e. The highest BCUT2D eigenvalue weighted by Gasteiger charge is 2.34. The highest BCUT2D eigenvalue weighted by Crippen LogP contribution is 2.44. The van der Waals surface area contributed by atoms with Crippen LogP contribution >= 0.6 is 22.6 Å². The Bertz CT molecular complexity index is 1430. The molecule has 1 aliphatic heterocycles. The number of carbonyl (C=O) groups excluding carboxylic acids is 4. The maximum Gasteiger partial charge on any atom is 0.407 e. The quantitative estimate of drug-likeness (QED) is 0.354. The van der Waals surface area contributed by atoms with Crippen LogP contribution in [0.4, 0.5) is 15.3 Å². The number of carbonyl (C=O) groups is 4. The highest BCUT2D eigenvalue weighted by atomic mass is 127. The lowest BCUT2D eigenvalue weighted by Gasteiger charge is -2.34. The van der Waals surface area contributed by atoms with Gasteiger partial charge in [-0.05, 0) is 63.0 Å². The third kappa shape index (κ3) is 5.60. The monoisotopic (exact) mass is 654 g/mol. The number of fused-ring (bicyclic) bond motifs is 3. The number of nitrogens with zero attached hydrogens (tertiary/aromatic N) is 2. The minimum Gasteiger partial charge on any atom is -0.495 e. The first-order chi connectivity index (χ1) is 19.4. The topological polar surface area (TPSA) is 117 Å². The van der Waals surface area contributed by atoms with Crippen molar-refractivity contribution in [3.63, 3.8) is 0 Å². The molecule has 206 valence electrons. The molecule has 2 aliphatic rings. The van der Waals surface area contributed by atoms with Gasteiger partial charge in [-0.1, -0.05) is 48.5 Å². The zero-order chi connectivity index (χ0) is 28.2. The summed E-state index contributed by atoms with van der Waals surface area (Å²) >= 11 is 2.13. The standard InChI is InChI=1S/C29H27IN4O6/c1-39-25-11-10-18(30)14-24(25)33-13-12-27(36)34(29(33)38)17-32-26(35)15-31-28(37)40-16-23-21-8-4-2-6-19(21)20-7-3-5-9-22(20)23/h2-11,14,23H,12-13,15-17H2,1H3,(H,31,37)(H,32,35). The maximum atomic E-state index is 13.1. The number of alkyl carbamates (subject to hydrolysis) is 1. The Morgan fingerprint density at radius 2 is 1.65 bits per heavy atom. The summed E-state index contributed by atoms with van der Waals surface area (Å²) in [5, 5.41) is 4.95. The number of hydrogen-bond acceptors (Lipinski definition) is 6. The van der Waals surface area contributed by atoms with E-state index in [0.717, 1.165) is 30.7 Å². The van der Waals surface area contributed by atoms with Crippen molar-refractivity contribution < 1.29 is 28.7 Å². The lowest BCUT2D eigenvalue weighted by atomic mass is 9.98. The fourth-order valence-electron chi connectivity index (χ4n) is 4.98. The van der Waals surface area contributed by atoms with Crippen molar-refractivity contribution in [3.05, 3.63) is 81.4 Å². The Kier molecular flexibility index (Phi) is 8.19. The van der Waals surface area contributed by atoms with E-state index < -0.39 is 23.9 Å². The van der Waals surface area contributed by atoms with Gasteiger partial charge in [-0.3, -0.25) is 14.5 Å². The van der Waals surface area contributed by atoms with Crippen LogP contribution in [0, 0.1) is 3.57 Å². The van der Waals surface area contributed by atoms with Gasteiger partial charge in [0.15, 0.2) is 0 Å². The number of methoxy groups -OCH3 is 1. The SMILES string of the molecule is COc1ccc(I)cc1N1CCC(=O)N(CNC(=O)CNC(=O)OCC2c3ccccc3-c3ccccc32)C1=O. The summed E-state index contributed by atoms with van der Waals surface area (Å²) in [6.07, 6.45) is -0.645. The van der Waals surface area contributed by atoms with Crippen molar-refractivity contribution in [3.8, 4) is 16.9 Å². The van der Waals surface area contributed by atoms with E-state index in [-0.39, 0.29) is 38.7 Å². The Labute approximate surface area is 244 Å². The summed E-state index contributed by atoms with van der Waals surface area (Å²) in [7, 11) is 1.51. The zero-order valence-corrected chi connectivity index (χ0v) is 23.8. The van der Waals surface area contributed by atoms with Gasteiger partial charge in [0.1, 0.15) is 25.6 Å². The second kappa shape index (κ2) is 11.9. The first kappa shape index (κ1) is 27.4. The molecule has 1 saturated heterocycles. The molecule has 0 radical (unpaired) electrons. The van der Waals surface area contributed by atoms with E-state index in [0.29, 0.717) is 11.4 Å². The van der Waals surface area contributed by atoms with Crippen LogP contribution in [0.15, 0.2) is 66.7 Å². The molecule has 1 aliphatic carbocycles. The van der Waals surface area contributed by atoms with Gasteiger partial charge in [0.25, 0.3) is 0 Å². The van der Waals surface area contributed by atoms with Gasteiger partial charge >= 0.3 is 12.1 Å². The molecule has 0 aromatic heterocycles. The van der Waals surface area contributed by atoms with Crippen LogP contribution in [-0.4, -0.2) is 62.3 Å². The molecular formula is C29H27IN4O6. The van der Waals surface area contributed by atoms with E-state index in [2.05, 4.69) is 33.2 Å². The largest absolute Gasteiger partial charge is 0.495 e. The molecule has 1 heterocycles. The highest BCUT2D eigenvalue weighted by molar-refractivity contribution is 14.1. The van der Waals surface area contributed by atoms with Crippen LogP contribution in [0.2, 0.25) is 0 Å². The molecule has 0 unspecified atom stereocenters. The number of urea groups is 1. The van der Waals surface area contributed by atoms with Gasteiger partial charge in [0, 0.05) is 22.5 Å². The van der Waals surface area contributed by atoms with Crippen molar-refractivity contribution in [2.45, 2.75) is 12.3 Å². The summed E-state index contributed by atoms with van der Waals surface area (Å²) in [5.41, 5.74) is 4.95. The number of nitrogens with one attached hydrogen (secondary N) is 2. The van der Waals surface area contributed by atoms with Crippen LogP contribution in [0.5, 0.6) is 5.75 Å². The average molecular weight is 654 g/mol. The van der Waals surface area contributed by atoms with Gasteiger partial charge in [-0.15, -0.1) is 0 Å². The molecule has 40 heavy (non-hydrogen) atoms. The lowest BCUT2D eigenvalue weighted by molar-refractivity contribution is -0.130. The van der Waals surface area contributed by atoms with Crippen LogP contribution < -0.4 is 20.3 Å². The van der Waals surface area contributed by atoms with E-state index in [9.17, 15) is 19.2 Å². The van der Waals surface area contributed by atoms with Gasteiger partial charge in [0.2, 0.25) is 11.8 Å². The van der Waals surface area contributed by atoms with E-state index >= 15 is 0 Å². The molecule has 5 amide bonds. The molecular weight excluding hydrogens is 627 g/mol. The summed E-state index contributed by atoms with van der Waals surface area (Å²) in [5.74, 6) is -0.578. The van der Waals surface area contributed by atoms with Gasteiger partial charge in [-0.2, -0.15) is 0 Å². The second-order valence-corrected chi connectivity index (χ2v) is 10.5. The molecule has 3 aromatic carbocycles. The zero-order valence-electron chi connectivity index (χ0n) is 21.7. The second-order valence-electron chi connectivity index (χ2n) is 9.26. The van der Waals surface area contributed by atoms with E-state index in [1.807, 2.05) is 54.6 Å². The van der Waals surface area contributed by atoms with E-state index in [1.165, 1.54) is 12.0 Å². The summed E-state index contributed by atoms with van der Waals surface area (Å²) in [6.45, 7) is -0.384. The molecule has 3 aromatic rings. The fourth-order valence-corrected chi connectivity index (χ4v) is 5.45. The molecule has 1 fully saturated rings. The van der Waals surface area contributed by atoms with Crippen molar-refractivity contribution in [1.29, 1.82) is 0 Å². The average Bonchev–Trinajstić information content (AvgIpc) is 3.28. The number of amides is 5. The Morgan fingerprint density at radius 1 is 0.975 bits per heavy atom. The molecule has 0 atom stereocenters. The summed E-state index contributed by atoms with van der Waals surface area (Å²) in [6, 6.07) is 20.8. The van der Waals surface area contributed by atoms with Gasteiger partial charge in [0.05, 0.1) is 12.8 Å². The Hall–Kier alpha value is -4.13. The normalized spacial score (nSPS) is 14.4. The van der Waals surface area contributed by atoms with Crippen molar-refractivity contribution in [1.82, 2.24) is 15.5 Å². The first-order valence-corrected chi connectivity index (χ1v) is 13.8. The van der Waals surface area contributed by atoms with Crippen molar-refractivity contribution >= 4 is 52.2 Å². The third-order valence-electron chi connectivity index (χ3n) is 6.92. The number of benzene rings is 3. The number of hydrogen-bond donors (Lipinski definition) is 2. The van der Waals surface area contributed by atoms with Crippen molar-refractivity contribution in [2.24, 2.45) is 0 Å². The van der Waals surface area contributed by atoms with E-state index in [4.69, 9.17) is 9.47 Å². The molecule has 11 heteroatoms. The molecule has 10 nitrogen and oxygen atoms in total. The van der Waals surface area contributed by atoms with Crippen LogP contribution in [-0.2, 0) is 14.3 Å². The fraction of sp³-hybridized carbons (Fsp3) is 0.241. The minimum atomic E-state index is -0.737. The van der Waals surface area contributed by atoms with Crippen LogP contribution in [0.1, 0.15) is 23.5 Å². The predicted octanol–water partition coefficient (Wildman–Crippen LogP) is 4.07. The number of anilines is 1. The molecule has 0 bridgehead atoms. The lowest BCUT2D eigenvalue weighted by Crippen LogP contribution is -2.56. The Balaban J connectivity index is 1.12. The maximum absolute atomic E-state index is 13.1.